The molecule has 0 bridgehead atoms. The van der Waals surface area contributed by atoms with Crippen LogP contribution in [0.4, 0.5) is 4.79 Å². The normalized spacial score (nSPS) is 15.6. The Balaban J connectivity index is 1.59. The topological polar surface area (TPSA) is 71.3 Å². The molecule has 0 aliphatic heterocycles. The van der Waals surface area contributed by atoms with Crippen LogP contribution in [0.2, 0.25) is 0 Å². The van der Waals surface area contributed by atoms with E-state index in [2.05, 4.69) is 48.4 Å². The molecule has 27 heavy (non-hydrogen) atoms. The molecule has 0 spiro atoms. The second-order valence-corrected chi connectivity index (χ2v) is 8.48. The number of aromatic nitrogens is 2. The number of nitrogens with one attached hydrogen (secondary N) is 1. The average Bonchev–Trinajstić information content (AvgIpc) is 3.10. The van der Waals surface area contributed by atoms with Gasteiger partial charge in [-0.1, -0.05) is 69.5 Å². The van der Waals surface area contributed by atoms with E-state index < -0.39 is 0 Å². The molecule has 6 heteroatoms. The molecule has 1 aromatic carbocycles. The lowest BCUT2D eigenvalue weighted by atomic mass is 9.87. The van der Waals surface area contributed by atoms with Crippen molar-refractivity contribution in [3.63, 3.8) is 0 Å². The van der Waals surface area contributed by atoms with Gasteiger partial charge in [0.1, 0.15) is 6.54 Å². The van der Waals surface area contributed by atoms with Crippen molar-refractivity contribution < 1.29 is 9.32 Å². The molecule has 1 N–H and O–H groups in total. The van der Waals surface area contributed by atoms with E-state index in [-0.39, 0.29) is 17.5 Å². The maximum atomic E-state index is 12.3. The zero-order valence-electron chi connectivity index (χ0n) is 16.8. The Morgan fingerprint density at radius 3 is 2.48 bits per heavy atom. The summed E-state index contributed by atoms with van der Waals surface area (Å²) in [6.07, 6.45) is 5.78. The summed E-state index contributed by atoms with van der Waals surface area (Å²) in [5, 5.41) is 7.16. The standard InChI is InChI=1S/C21H30N4O2/c1-21(2,3)16-12-10-15(11-13-16)19-23-18(27-24-19)14-25(4)20(26)22-17-8-6-5-7-9-17/h10-13,17H,5-9,14H2,1-4H3,(H,22,26). The first-order chi connectivity index (χ1) is 12.8. The number of urea groups is 1. The predicted octanol–water partition coefficient (Wildman–Crippen LogP) is 4.51. The van der Waals surface area contributed by atoms with Crippen molar-refractivity contribution in [1.29, 1.82) is 0 Å². The van der Waals surface area contributed by atoms with Gasteiger partial charge in [-0.05, 0) is 23.8 Å². The highest BCUT2D eigenvalue weighted by molar-refractivity contribution is 5.74. The van der Waals surface area contributed by atoms with Gasteiger partial charge in [0, 0.05) is 18.7 Å². The smallest absolute Gasteiger partial charge is 0.317 e. The van der Waals surface area contributed by atoms with Crippen LogP contribution in [0.1, 0.15) is 64.3 Å². The zero-order chi connectivity index (χ0) is 19.4. The summed E-state index contributed by atoms with van der Waals surface area (Å²) in [7, 11) is 1.75. The second kappa shape index (κ2) is 8.11. The molecule has 146 valence electrons. The summed E-state index contributed by atoms with van der Waals surface area (Å²) < 4.78 is 5.34. The SMILES string of the molecule is CN(Cc1nc(-c2ccc(C(C)(C)C)cc2)no1)C(=O)NC1CCCCC1. The van der Waals surface area contributed by atoms with Gasteiger partial charge >= 0.3 is 6.03 Å². The van der Waals surface area contributed by atoms with Crippen LogP contribution in [-0.4, -0.2) is 34.2 Å². The molecule has 2 aromatic rings. The minimum Gasteiger partial charge on any atom is -0.337 e. The predicted molar refractivity (Wildman–Crippen MR) is 105 cm³/mol. The minimum atomic E-state index is -0.0869. The van der Waals surface area contributed by atoms with Crippen molar-refractivity contribution in [2.75, 3.05) is 7.05 Å². The van der Waals surface area contributed by atoms with Crippen molar-refractivity contribution >= 4 is 6.03 Å². The van der Waals surface area contributed by atoms with E-state index in [0.29, 0.717) is 18.3 Å². The molecule has 1 aromatic heterocycles. The van der Waals surface area contributed by atoms with E-state index in [1.54, 1.807) is 11.9 Å². The third-order valence-corrected chi connectivity index (χ3v) is 5.13. The quantitative estimate of drug-likeness (QED) is 0.860. The average molecular weight is 370 g/mol. The molecular formula is C21H30N4O2. The Hall–Kier alpha value is -2.37. The molecule has 0 unspecified atom stereocenters. The van der Waals surface area contributed by atoms with Crippen molar-refractivity contribution in [1.82, 2.24) is 20.4 Å². The fourth-order valence-corrected chi connectivity index (χ4v) is 3.36. The lowest BCUT2D eigenvalue weighted by molar-refractivity contribution is 0.192. The number of rotatable bonds is 4. The van der Waals surface area contributed by atoms with E-state index in [4.69, 9.17) is 4.52 Å². The summed E-state index contributed by atoms with van der Waals surface area (Å²) in [5.74, 6) is 0.984. The van der Waals surface area contributed by atoms with Crippen molar-refractivity contribution in [2.45, 2.75) is 70.9 Å². The van der Waals surface area contributed by atoms with Crippen LogP contribution in [0.3, 0.4) is 0 Å². The third kappa shape index (κ3) is 5.08. The van der Waals surface area contributed by atoms with E-state index in [1.165, 1.54) is 24.8 Å². The maximum absolute atomic E-state index is 12.3. The van der Waals surface area contributed by atoms with Crippen LogP contribution in [0.25, 0.3) is 11.4 Å². The lowest BCUT2D eigenvalue weighted by Crippen LogP contribution is -2.43. The van der Waals surface area contributed by atoms with Gasteiger partial charge in [-0.2, -0.15) is 4.98 Å². The lowest BCUT2D eigenvalue weighted by Gasteiger charge is -2.25. The number of amides is 2. The summed E-state index contributed by atoms with van der Waals surface area (Å²) in [4.78, 5) is 18.4. The number of nitrogens with zero attached hydrogens (tertiary/aromatic N) is 3. The first-order valence-electron chi connectivity index (χ1n) is 9.78. The van der Waals surface area contributed by atoms with Crippen molar-refractivity contribution in [2.24, 2.45) is 0 Å². The van der Waals surface area contributed by atoms with Gasteiger partial charge in [0.05, 0.1) is 0 Å². The van der Waals surface area contributed by atoms with Crippen LogP contribution in [-0.2, 0) is 12.0 Å². The van der Waals surface area contributed by atoms with Crippen LogP contribution < -0.4 is 5.32 Å². The highest BCUT2D eigenvalue weighted by Gasteiger charge is 2.20. The Bertz CT molecular complexity index is 755. The van der Waals surface area contributed by atoms with Crippen molar-refractivity contribution in [3.8, 4) is 11.4 Å². The number of hydrogen-bond donors (Lipinski definition) is 1. The molecule has 1 saturated carbocycles. The van der Waals surface area contributed by atoms with Gasteiger partial charge in [0.2, 0.25) is 11.7 Å². The van der Waals surface area contributed by atoms with Gasteiger partial charge in [-0.15, -0.1) is 0 Å². The monoisotopic (exact) mass is 370 g/mol. The Morgan fingerprint density at radius 2 is 1.85 bits per heavy atom. The van der Waals surface area contributed by atoms with Gasteiger partial charge in [0.25, 0.3) is 0 Å². The molecular weight excluding hydrogens is 340 g/mol. The molecule has 6 nitrogen and oxygen atoms in total. The number of carbonyl (C=O) groups excluding carboxylic acids is 1. The van der Waals surface area contributed by atoms with Gasteiger partial charge in [0.15, 0.2) is 0 Å². The maximum Gasteiger partial charge on any atom is 0.317 e. The largest absolute Gasteiger partial charge is 0.337 e. The molecule has 1 aliphatic carbocycles. The van der Waals surface area contributed by atoms with E-state index >= 15 is 0 Å². The number of carbonyl (C=O) groups is 1. The summed E-state index contributed by atoms with van der Waals surface area (Å²) in [6, 6.07) is 8.40. The summed E-state index contributed by atoms with van der Waals surface area (Å²) >= 11 is 0. The van der Waals surface area contributed by atoms with Gasteiger partial charge in [-0.25, -0.2) is 4.79 Å². The van der Waals surface area contributed by atoms with E-state index in [0.717, 1.165) is 18.4 Å². The fraction of sp³-hybridized carbons (Fsp3) is 0.571. The second-order valence-electron chi connectivity index (χ2n) is 8.48. The fourth-order valence-electron chi connectivity index (χ4n) is 3.36. The molecule has 0 radical (unpaired) electrons. The molecule has 0 saturated heterocycles. The molecule has 1 heterocycles. The first kappa shape index (κ1) is 19.4. The van der Waals surface area contributed by atoms with Crippen LogP contribution in [0.15, 0.2) is 28.8 Å². The molecule has 2 amide bonds. The van der Waals surface area contributed by atoms with Gasteiger partial charge < -0.3 is 14.7 Å². The Labute approximate surface area is 161 Å². The zero-order valence-corrected chi connectivity index (χ0v) is 16.8. The van der Waals surface area contributed by atoms with Gasteiger partial charge in [-0.3, -0.25) is 0 Å². The molecule has 0 atom stereocenters. The van der Waals surface area contributed by atoms with Crippen LogP contribution in [0.5, 0.6) is 0 Å². The number of benzene rings is 1. The molecule has 1 fully saturated rings. The van der Waals surface area contributed by atoms with E-state index in [1.807, 2.05) is 12.1 Å². The third-order valence-electron chi connectivity index (χ3n) is 5.13. The first-order valence-corrected chi connectivity index (χ1v) is 9.78. The highest BCUT2D eigenvalue weighted by Crippen LogP contribution is 2.25. The molecule has 1 aliphatic rings. The summed E-state index contributed by atoms with van der Waals surface area (Å²) in [6.45, 7) is 6.85. The van der Waals surface area contributed by atoms with Crippen LogP contribution in [0, 0.1) is 0 Å². The Morgan fingerprint density at radius 1 is 1.19 bits per heavy atom. The van der Waals surface area contributed by atoms with Crippen molar-refractivity contribution in [3.05, 3.63) is 35.7 Å². The van der Waals surface area contributed by atoms with Crippen LogP contribution >= 0.6 is 0 Å². The Kier molecular flexibility index (Phi) is 5.82. The molecule has 3 rings (SSSR count). The number of hydrogen-bond acceptors (Lipinski definition) is 4. The minimum absolute atomic E-state index is 0.0869. The van der Waals surface area contributed by atoms with E-state index in [9.17, 15) is 4.79 Å². The highest BCUT2D eigenvalue weighted by atomic mass is 16.5. The summed E-state index contributed by atoms with van der Waals surface area (Å²) in [5.41, 5.74) is 2.27.